The summed E-state index contributed by atoms with van der Waals surface area (Å²) in [6.45, 7) is 8.57. The summed E-state index contributed by atoms with van der Waals surface area (Å²) in [5.41, 5.74) is 0.400. The minimum Gasteiger partial charge on any atom is -0.360 e. The largest absolute Gasteiger partial charge is 0.360 e. The molecule has 3 rings (SSSR count). The molecular weight excluding hydrogens is 382 g/mol. The van der Waals surface area contributed by atoms with Crippen LogP contribution in [-0.2, 0) is 9.59 Å². The Balaban J connectivity index is 1.71. The number of hydrogen-bond acceptors (Lipinski definition) is 7. The van der Waals surface area contributed by atoms with Crippen molar-refractivity contribution in [3.8, 4) is 0 Å². The van der Waals surface area contributed by atoms with E-state index in [1.165, 1.54) is 23.1 Å². The highest BCUT2D eigenvalue weighted by Crippen LogP contribution is 2.37. The van der Waals surface area contributed by atoms with Crippen molar-refractivity contribution in [2.24, 2.45) is 5.92 Å². The molecule has 0 fully saturated rings. The predicted molar refractivity (Wildman–Crippen MR) is 111 cm³/mol. The van der Waals surface area contributed by atoms with E-state index < -0.39 is 5.54 Å². The number of nitrogens with one attached hydrogen (secondary N) is 2. The molecule has 0 atom stereocenters. The first-order valence-electron chi connectivity index (χ1n) is 8.72. The van der Waals surface area contributed by atoms with Gasteiger partial charge >= 0.3 is 0 Å². The fourth-order valence-corrected chi connectivity index (χ4v) is 4.33. The van der Waals surface area contributed by atoms with Gasteiger partial charge in [0.1, 0.15) is 5.54 Å². The van der Waals surface area contributed by atoms with Crippen LogP contribution >= 0.6 is 23.1 Å². The van der Waals surface area contributed by atoms with Crippen molar-refractivity contribution < 1.29 is 9.59 Å². The topological polar surface area (TPSA) is 87.2 Å². The standard InChI is InChI=1S/C18H23N5O2S2/c1-11(2)9-19-16-21-22-17(27-16)26-10-14(24)23-13-8-6-5-7-12(13)20-15(25)18(23,3)4/h5-8,11H,9-10H2,1-4H3,(H,19,21)(H,20,25). The van der Waals surface area contributed by atoms with Gasteiger partial charge in [0.25, 0.3) is 0 Å². The van der Waals surface area contributed by atoms with Crippen LogP contribution in [0.4, 0.5) is 16.5 Å². The Morgan fingerprint density at radius 1 is 1.33 bits per heavy atom. The molecule has 2 aromatic rings. The summed E-state index contributed by atoms with van der Waals surface area (Å²) >= 11 is 2.77. The van der Waals surface area contributed by atoms with E-state index in [0.717, 1.165) is 16.0 Å². The van der Waals surface area contributed by atoms with Crippen molar-refractivity contribution >= 4 is 51.4 Å². The summed E-state index contributed by atoms with van der Waals surface area (Å²) in [7, 11) is 0. The number of thioether (sulfide) groups is 1. The number of aromatic nitrogens is 2. The van der Waals surface area contributed by atoms with Crippen molar-refractivity contribution in [1.29, 1.82) is 0 Å². The lowest BCUT2D eigenvalue weighted by Crippen LogP contribution is -2.58. The smallest absolute Gasteiger partial charge is 0.250 e. The highest BCUT2D eigenvalue weighted by molar-refractivity contribution is 8.01. The summed E-state index contributed by atoms with van der Waals surface area (Å²) in [4.78, 5) is 27.0. The summed E-state index contributed by atoms with van der Waals surface area (Å²) in [6.07, 6.45) is 0. The molecule has 1 aliphatic heterocycles. The molecule has 0 aliphatic carbocycles. The van der Waals surface area contributed by atoms with Gasteiger partial charge in [-0.15, -0.1) is 10.2 Å². The minimum atomic E-state index is -0.961. The van der Waals surface area contributed by atoms with Crippen molar-refractivity contribution in [3.63, 3.8) is 0 Å². The van der Waals surface area contributed by atoms with Gasteiger partial charge in [0.15, 0.2) is 4.34 Å². The van der Waals surface area contributed by atoms with E-state index in [0.29, 0.717) is 17.3 Å². The molecule has 1 aromatic carbocycles. The Labute approximate surface area is 166 Å². The van der Waals surface area contributed by atoms with E-state index in [-0.39, 0.29) is 17.6 Å². The molecule has 0 bridgehead atoms. The quantitative estimate of drug-likeness (QED) is 0.716. The number of nitrogens with zero attached hydrogens (tertiary/aromatic N) is 3. The van der Waals surface area contributed by atoms with E-state index in [9.17, 15) is 9.59 Å². The number of benzene rings is 1. The zero-order valence-corrected chi connectivity index (χ0v) is 17.4. The molecule has 1 aliphatic rings. The highest BCUT2D eigenvalue weighted by Gasteiger charge is 2.43. The minimum absolute atomic E-state index is 0.140. The molecular formula is C18H23N5O2S2. The van der Waals surface area contributed by atoms with E-state index >= 15 is 0 Å². The summed E-state index contributed by atoms with van der Waals surface area (Å²) in [6, 6.07) is 7.34. The second-order valence-corrected chi connectivity index (χ2v) is 9.40. The van der Waals surface area contributed by atoms with E-state index in [4.69, 9.17) is 0 Å². The first-order valence-corrected chi connectivity index (χ1v) is 10.5. The molecule has 1 aromatic heterocycles. The van der Waals surface area contributed by atoms with Gasteiger partial charge in [-0.1, -0.05) is 49.1 Å². The fraction of sp³-hybridized carbons (Fsp3) is 0.444. The number of amides is 2. The number of hydrogen-bond donors (Lipinski definition) is 2. The average Bonchev–Trinajstić information content (AvgIpc) is 3.07. The normalized spacial score (nSPS) is 15.4. The fourth-order valence-electron chi connectivity index (χ4n) is 2.72. The Morgan fingerprint density at radius 3 is 2.81 bits per heavy atom. The molecule has 9 heteroatoms. The van der Waals surface area contributed by atoms with E-state index in [2.05, 4.69) is 34.7 Å². The van der Waals surface area contributed by atoms with E-state index in [1.807, 2.05) is 18.2 Å². The van der Waals surface area contributed by atoms with Gasteiger partial charge in [-0.25, -0.2) is 0 Å². The molecule has 2 N–H and O–H groups in total. The van der Waals surface area contributed by atoms with Gasteiger partial charge in [-0.2, -0.15) is 0 Å². The van der Waals surface area contributed by atoms with Crippen LogP contribution < -0.4 is 15.5 Å². The predicted octanol–water partition coefficient (Wildman–Crippen LogP) is 3.46. The van der Waals surface area contributed by atoms with Crippen LogP contribution in [0, 0.1) is 5.92 Å². The molecule has 0 saturated carbocycles. The van der Waals surface area contributed by atoms with Crippen LogP contribution in [0.2, 0.25) is 0 Å². The van der Waals surface area contributed by atoms with Crippen molar-refractivity contribution in [1.82, 2.24) is 10.2 Å². The molecule has 144 valence electrons. The third kappa shape index (κ3) is 4.24. The van der Waals surface area contributed by atoms with Gasteiger partial charge in [-0.3, -0.25) is 14.5 Å². The molecule has 2 heterocycles. The van der Waals surface area contributed by atoms with Crippen LogP contribution in [0.25, 0.3) is 0 Å². The van der Waals surface area contributed by atoms with Crippen LogP contribution in [0.1, 0.15) is 27.7 Å². The second-order valence-electron chi connectivity index (χ2n) is 7.20. The maximum absolute atomic E-state index is 13.0. The number of fused-ring (bicyclic) bond motifs is 1. The van der Waals surface area contributed by atoms with Crippen LogP contribution in [-0.4, -0.2) is 39.8 Å². The number of rotatable bonds is 6. The van der Waals surface area contributed by atoms with Gasteiger partial charge in [-0.05, 0) is 31.9 Å². The van der Waals surface area contributed by atoms with Gasteiger partial charge < -0.3 is 10.6 Å². The lowest BCUT2D eigenvalue weighted by Gasteiger charge is -2.42. The Kier molecular flexibility index (Phi) is 5.71. The van der Waals surface area contributed by atoms with Gasteiger partial charge in [0.2, 0.25) is 16.9 Å². The summed E-state index contributed by atoms with van der Waals surface area (Å²) in [5.74, 6) is 0.359. The number of anilines is 3. The number of para-hydroxylation sites is 2. The molecule has 2 amide bonds. The number of carbonyl (C=O) groups excluding carboxylic acids is 2. The Hall–Kier alpha value is -2.13. The zero-order valence-electron chi connectivity index (χ0n) is 15.8. The highest BCUT2D eigenvalue weighted by atomic mass is 32.2. The molecule has 0 spiro atoms. The third-order valence-electron chi connectivity index (χ3n) is 4.14. The van der Waals surface area contributed by atoms with Gasteiger partial charge in [0.05, 0.1) is 17.1 Å². The molecule has 7 nitrogen and oxygen atoms in total. The first-order chi connectivity index (χ1) is 12.8. The number of carbonyl (C=O) groups is 2. The molecule has 0 unspecified atom stereocenters. The Morgan fingerprint density at radius 2 is 2.07 bits per heavy atom. The second kappa shape index (κ2) is 7.85. The monoisotopic (exact) mass is 405 g/mol. The average molecular weight is 406 g/mol. The SMILES string of the molecule is CC(C)CNc1nnc(SCC(=O)N2c3ccccc3NC(=O)C2(C)C)s1. The maximum Gasteiger partial charge on any atom is 0.250 e. The van der Waals surface area contributed by atoms with Crippen LogP contribution in [0.3, 0.4) is 0 Å². The van der Waals surface area contributed by atoms with Crippen LogP contribution in [0.5, 0.6) is 0 Å². The molecule has 27 heavy (non-hydrogen) atoms. The zero-order chi connectivity index (χ0) is 19.6. The first kappa shape index (κ1) is 19.6. The summed E-state index contributed by atoms with van der Waals surface area (Å²) < 4.78 is 0.724. The lowest BCUT2D eigenvalue weighted by molar-refractivity contribution is -0.125. The van der Waals surface area contributed by atoms with Crippen molar-refractivity contribution in [2.75, 3.05) is 27.8 Å². The molecule has 0 saturated heterocycles. The van der Waals surface area contributed by atoms with Gasteiger partial charge in [0, 0.05) is 6.54 Å². The lowest BCUT2D eigenvalue weighted by atomic mass is 9.96. The van der Waals surface area contributed by atoms with Crippen molar-refractivity contribution in [3.05, 3.63) is 24.3 Å². The summed E-state index contributed by atoms with van der Waals surface area (Å²) in [5, 5.41) is 15.1. The van der Waals surface area contributed by atoms with E-state index in [1.54, 1.807) is 24.8 Å². The van der Waals surface area contributed by atoms with Crippen LogP contribution in [0.15, 0.2) is 28.6 Å². The van der Waals surface area contributed by atoms with Crippen molar-refractivity contribution in [2.45, 2.75) is 37.6 Å². The third-order valence-corrected chi connectivity index (χ3v) is 6.14. The molecule has 0 radical (unpaired) electrons. The Bertz CT molecular complexity index is 850. The maximum atomic E-state index is 13.0.